The Kier molecular flexibility index (Phi) is 5.87. The van der Waals surface area contributed by atoms with Crippen molar-refractivity contribution in [2.45, 2.75) is 69.9 Å². The van der Waals surface area contributed by atoms with Crippen LogP contribution in [0.25, 0.3) is 10.6 Å². The molecule has 0 spiro atoms. The Bertz CT molecular complexity index is 907. The first kappa shape index (κ1) is 22.6. The summed E-state index contributed by atoms with van der Waals surface area (Å²) in [7, 11) is -1.95. The summed E-state index contributed by atoms with van der Waals surface area (Å²) in [5.74, 6) is -1.12. The SMILES string of the molecule is CC(C)(C)[Si](C)(C)OC1CC(c2nc(C(F)(F)F)c(-c3nc(Cl)ncc3F)s2)C1. The van der Waals surface area contributed by atoms with E-state index in [9.17, 15) is 17.6 Å². The monoisotopic (exact) mass is 467 g/mol. The van der Waals surface area contributed by atoms with Crippen LogP contribution in [0.15, 0.2) is 6.20 Å². The molecule has 160 valence electrons. The molecule has 1 aliphatic carbocycles. The Morgan fingerprint density at radius 1 is 1.17 bits per heavy atom. The minimum Gasteiger partial charge on any atom is -0.414 e. The molecule has 0 atom stereocenters. The van der Waals surface area contributed by atoms with Crippen LogP contribution < -0.4 is 0 Å². The maximum absolute atomic E-state index is 14.1. The first-order chi connectivity index (χ1) is 13.2. The molecule has 0 saturated heterocycles. The second-order valence-corrected chi connectivity index (χ2v) is 14.9. The molecule has 0 radical (unpaired) electrons. The third kappa shape index (κ3) is 4.65. The molecule has 2 heterocycles. The van der Waals surface area contributed by atoms with E-state index in [1.807, 2.05) is 0 Å². The normalized spacial score (nSPS) is 20.6. The molecule has 0 N–H and O–H groups in total. The first-order valence-electron chi connectivity index (χ1n) is 9.13. The van der Waals surface area contributed by atoms with E-state index in [-0.39, 0.29) is 27.2 Å². The summed E-state index contributed by atoms with van der Waals surface area (Å²) in [5, 5.41) is 0.0483. The van der Waals surface area contributed by atoms with Gasteiger partial charge in [0.2, 0.25) is 5.28 Å². The summed E-state index contributed by atoms with van der Waals surface area (Å²) >= 11 is 6.47. The van der Waals surface area contributed by atoms with Crippen LogP contribution in [-0.4, -0.2) is 29.4 Å². The van der Waals surface area contributed by atoms with E-state index in [4.69, 9.17) is 16.0 Å². The van der Waals surface area contributed by atoms with Gasteiger partial charge < -0.3 is 4.43 Å². The van der Waals surface area contributed by atoms with E-state index in [1.54, 1.807) is 0 Å². The van der Waals surface area contributed by atoms with E-state index in [1.165, 1.54) is 0 Å². The van der Waals surface area contributed by atoms with Crippen LogP contribution in [-0.2, 0) is 10.6 Å². The predicted molar refractivity (Wildman–Crippen MR) is 107 cm³/mol. The highest BCUT2D eigenvalue weighted by atomic mass is 35.5. The van der Waals surface area contributed by atoms with E-state index >= 15 is 0 Å². The van der Waals surface area contributed by atoms with Crippen molar-refractivity contribution < 1.29 is 22.0 Å². The Hall–Kier alpha value is -1.10. The number of alkyl halides is 3. The van der Waals surface area contributed by atoms with E-state index in [2.05, 4.69) is 48.8 Å². The predicted octanol–water partition coefficient (Wildman–Crippen LogP) is 6.68. The Labute approximate surface area is 176 Å². The van der Waals surface area contributed by atoms with Gasteiger partial charge in [0.05, 0.1) is 16.1 Å². The molecule has 29 heavy (non-hydrogen) atoms. The van der Waals surface area contributed by atoms with E-state index in [0.717, 1.165) is 17.5 Å². The third-order valence-corrected chi connectivity index (χ3v) is 11.5. The Morgan fingerprint density at radius 3 is 2.34 bits per heavy atom. The number of hydrogen-bond donors (Lipinski definition) is 0. The maximum atomic E-state index is 14.1. The number of hydrogen-bond acceptors (Lipinski definition) is 5. The Balaban J connectivity index is 1.84. The highest BCUT2D eigenvalue weighted by Gasteiger charge is 2.45. The minimum atomic E-state index is -4.73. The van der Waals surface area contributed by atoms with Crippen molar-refractivity contribution in [3.8, 4) is 10.6 Å². The highest BCUT2D eigenvalue weighted by Crippen LogP contribution is 2.48. The van der Waals surface area contributed by atoms with Gasteiger partial charge in [-0.15, -0.1) is 11.3 Å². The quantitative estimate of drug-likeness (QED) is 0.286. The lowest BCUT2D eigenvalue weighted by Crippen LogP contribution is -2.47. The van der Waals surface area contributed by atoms with Crippen LogP contribution in [0.4, 0.5) is 17.6 Å². The minimum absolute atomic E-state index is 0.00723. The van der Waals surface area contributed by atoms with Crippen LogP contribution in [0.5, 0.6) is 0 Å². The summed E-state index contributed by atoms with van der Waals surface area (Å²) in [6, 6.07) is 0. The van der Waals surface area contributed by atoms with Gasteiger partial charge in [0.1, 0.15) is 5.69 Å². The number of thiazole rings is 1. The van der Waals surface area contributed by atoms with E-state index in [0.29, 0.717) is 17.8 Å². The molecular formula is C18H22ClF4N3OSSi. The number of halogens is 5. The van der Waals surface area contributed by atoms with Gasteiger partial charge in [-0.1, -0.05) is 20.8 Å². The van der Waals surface area contributed by atoms with Crippen LogP contribution >= 0.6 is 22.9 Å². The highest BCUT2D eigenvalue weighted by molar-refractivity contribution is 7.15. The lowest BCUT2D eigenvalue weighted by atomic mass is 9.83. The smallest absolute Gasteiger partial charge is 0.414 e. The fourth-order valence-corrected chi connectivity index (χ4v) is 5.54. The van der Waals surface area contributed by atoms with Crippen LogP contribution in [0, 0.1) is 5.82 Å². The number of aromatic nitrogens is 3. The first-order valence-corrected chi connectivity index (χ1v) is 13.2. The second-order valence-electron chi connectivity index (χ2n) is 8.73. The molecule has 2 aromatic heterocycles. The van der Waals surface area contributed by atoms with Crippen LogP contribution in [0.1, 0.15) is 50.2 Å². The molecule has 0 aromatic carbocycles. The second kappa shape index (κ2) is 7.54. The molecule has 0 amide bonds. The summed E-state index contributed by atoms with van der Waals surface area (Å²) in [6.45, 7) is 10.7. The zero-order chi connectivity index (χ0) is 21.8. The topological polar surface area (TPSA) is 47.9 Å². The molecular weight excluding hydrogens is 446 g/mol. The average molecular weight is 468 g/mol. The molecule has 0 aliphatic heterocycles. The summed E-state index contributed by atoms with van der Waals surface area (Å²) in [4.78, 5) is 10.6. The average Bonchev–Trinajstić information content (AvgIpc) is 2.96. The standard InChI is InChI=1S/C18H22ClF4N3OSSi/c1-17(2,3)29(4,5)27-10-6-9(7-10)15-26-14(18(21,22)23)13(28-15)12-11(20)8-24-16(19)25-12/h8-10H,6-7H2,1-5H3. The van der Waals surface area contributed by atoms with Crippen molar-refractivity contribution in [1.82, 2.24) is 15.0 Å². The molecule has 11 heteroatoms. The lowest BCUT2D eigenvalue weighted by molar-refractivity contribution is -0.140. The molecule has 1 saturated carbocycles. The number of nitrogens with zero attached hydrogens (tertiary/aromatic N) is 3. The molecule has 1 fully saturated rings. The summed E-state index contributed by atoms with van der Waals surface area (Å²) in [5.41, 5.74) is -1.62. The van der Waals surface area contributed by atoms with Crippen molar-refractivity contribution in [1.29, 1.82) is 0 Å². The van der Waals surface area contributed by atoms with Gasteiger partial charge in [0.15, 0.2) is 19.8 Å². The van der Waals surface area contributed by atoms with Crippen molar-refractivity contribution in [2.75, 3.05) is 0 Å². The Morgan fingerprint density at radius 2 is 1.79 bits per heavy atom. The van der Waals surface area contributed by atoms with Gasteiger partial charge in [-0.2, -0.15) is 13.2 Å². The van der Waals surface area contributed by atoms with Crippen molar-refractivity contribution >= 4 is 31.3 Å². The van der Waals surface area contributed by atoms with E-state index < -0.39 is 31.7 Å². The van der Waals surface area contributed by atoms with Crippen molar-refractivity contribution in [3.05, 3.63) is 28.0 Å². The fourth-order valence-electron chi connectivity index (χ4n) is 2.83. The van der Waals surface area contributed by atoms with Gasteiger partial charge >= 0.3 is 6.18 Å². The van der Waals surface area contributed by atoms with Gasteiger partial charge in [0, 0.05) is 12.0 Å². The van der Waals surface area contributed by atoms with Gasteiger partial charge in [-0.05, 0) is 42.6 Å². The third-order valence-electron chi connectivity index (χ3n) is 5.55. The van der Waals surface area contributed by atoms with Gasteiger partial charge in [-0.25, -0.2) is 19.3 Å². The molecule has 3 rings (SSSR count). The zero-order valence-electron chi connectivity index (χ0n) is 16.7. The number of rotatable bonds is 4. The largest absolute Gasteiger partial charge is 0.434 e. The van der Waals surface area contributed by atoms with Crippen molar-refractivity contribution in [2.24, 2.45) is 0 Å². The van der Waals surface area contributed by atoms with Gasteiger partial charge in [0.25, 0.3) is 0 Å². The van der Waals surface area contributed by atoms with Crippen LogP contribution in [0.3, 0.4) is 0 Å². The van der Waals surface area contributed by atoms with Gasteiger partial charge in [-0.3, -0.25) is 0 Å². The molecule has 4 nitrogen and oxygen atoms in total. The molecule has 0 unspecified atom stereocenters. The van der Waals surface area contributed by atoms with Crippen LogP contribution in [0.2, 0.25) is 23.4 Å². The lowest BCUT2D eigenvalue weighted by Gasteiger charge is -2.44. The summed E-state index contributed by atoms with van der Waals surface area (Å²) in [6.07, 6.45) is -2.76. The maximum Gasteiger partial charge on any atom is 0.434 e. The summed E-state index contributed by atoms with van der Waals surface area (Å²) < 4.78 is 61.0. The van der Waals surface area contributed by atoms with Crippen molar-refractivity contribution in [3.63, 3.8) is 0 Å². The molecule has 1 aliphatic rings. The molecule has 0 bridgehead atoms. The zero-order valence-corrected chi connectivity index (χ0v) is 19.3. The fraction of sp³-hybridized carbons (Fsp3) is 0.611. The molecule has 2 aromatic rings.